The van der Waals surface area contributed by atoms with Gasteiger partial charge >= 0.3 is 0 Å². The Hall–Kier alpha value is -2.53. The van der Waals surface area contributed by atoms with Crippen LogP contribution in [-0.4, -0.2) is 60.6 Å². The van der Waals surface area contributed by atoms with E-state index in [9.17, 15) is 4.79 Å². The van der Waals surface area contributed by atoms with Crippen LogP contribution in [0.4, 0.5) is 0 Å². The second-order valence-corrected chi connectivity index (χ2v) is 10.1. The largest absolute Gasteiger partial charge is 0.493 e. The van der Waals surface area contributed by atoms with Crippen LogP contribution in [0.5, 0.6) is 11.5 Å². The number of carbonyl (C=O) groups excluding carboxylic acids is 1. The average Bonchev–Trinajstić information content (AvgIpc) is 3.19. The molecule has 33 heavy (non-hydrogen) atoms. The lowest BCUT2D eigenvalue weighted by Gasteiger charge is -2.36. The van der Waals surface area contributed by atoms with Crippen LogP contribution in [0.25, 0.3) is 0 Å². The van der Waals surface area contributed by atoms with E-state index in [-0.39, 0.29) is 12.0 Å². The Morgan fingerprint density at radius 2 is 1.67 bits per heavy atom. The van der Waals surface area contributed by atoms with Gasteiger partial charge in [0.1, 0.15) is 17.6 Å². The van der Waals surface area contributed by atoms with Gasteiger partial charge in [-0.05, 0) is 72.7 Å². The van der Waals surface area contributed by atoms with Gasteiger partial charge in [0.15, 0.2) is 0 Å². The summed E-state index contributed by atoms with van der Waals surface area (Å²) in [5, 5.41) is 0. The number of nitrogens with zero attached hydrogens (tertiary/aromatic N) is 2. The van der Waals surface area contributed by atoms with Crippen molar-refractivity contribution in [3.63, 3.8) is 0 Å². The topological polar surface area (TPSA) is 42.0 Å². The number of fused-ring (bicyclic) bond motifs is 2. The Morgan fingerprint density at radius 3 is 2.45 bits per heavy atom. The van der Waals surface area contributed by atoms with Gasteiger partial charge in [-0.1, -0.05) is 12.5 Å². The number of rotatable bonds is 4. The lowest BCUT2D eigenvalue weighted by Crippen LogP contribution is -2.41. The van der Waals surface area contributed by atoms with Crippen molar-refractivity contribution in [2.75, 3.05) is 32.8 Å². The first-order valence-corrected chi connectivity index (χ1v) is 12.8. The van der Waals surface area contributed by atoms with Crippen molar-refractivity contribution in [3.8, 4) is 11.5 Å². The fraction of sp³-hybridized carbons (Fsp3) is 0.536. The Bertz CT molecular complexity index is 1020. The van der Waals surface area contributed by atoms with Gasteiger partial charge in [-0.2, -0.15) is 0 Å². The highest BCUT2D eigenvalue weighted by Gasteiger charge is 2.28. The maximum atomic E-state index is 13.0. The summed E-state index contributed by atoms with van der Waals surface area (Å²) in [5.41, 5.74) is 4.88. The minimum Gasteiger partial charge on any atom is -0.493 e. The molecular formula is C28H34N2O3. The summed E-state index contributed by atoms with van der Waals surface area (Å²) in [6.07, 6.45) is 9.28. The molecule has 0 unspecified atom stereocenters. The van der Waals surface area contributed by atoms with Crippen LogP contribution in [-0.2, 0) is 19.3 Å². The molecule has 0 bridgehead atoms. The van der Waals surface area contributed by atoms with Crippen LogP contribution in [0.15, 0.2) is 36.4 Å². The molecule has 2 aromatic carbocycles. The van der Waals surface area contributed by atoms with Gasteiger partial charge in [-0.25, -0.2) is 0 Å². The molecule has 1 saturated carbocycles. The fourth-order valence-corrected chi connectivity index (χ4v) is 5.78. The van der Waals surface area contributed by atoms with Crippen LogP contribution >= 0.6 is 0 Å². The Morgan fingerprint density at radius 1 is 0.848 bits per heavy atom. The fourth-order valence-electron chi connectivity index (χ4n) is 5.78. The van der Waals surface area contributed by atoms with Crippen molar-refractivity contribution in [1.82, 2.24) is 9.80 Å². The monoisotopic (exact) mass is 446 g/mol. The zero-order valence-electron chi connectivity index (χ0n) is 19.4. The highest BCUT2D eigenvalue weighted by atomic mass is 16.5. The third-order valence-corrected chi connectivity index (χ3v) is 8.07. The van der Waals surface area contributed by atoms with E-state index in [1.54, 1.807) is 0 Å². The number of ether oxygens (including phenoxy) is 2. The first-order chi connectivity index (χ1) is 16.2. The zero-order chi connectivity index (χ0) is 22.2. The molecule has 3 aliphatic heterocycles. The third kappa shape index (κ3) is 4.35. The molecule has 5 nitrogen and oxygen atoms in total. The number of amides is 1. The van der Waals surface area contributed by atoms with Crippen LogP contribution in [0, 0.1) is 0 Å². The van der Waals surface area contributed by atoms with E-state index >= 15 is 0 Å². The number of hydrogen-bond donors (Lipinski definition) is 0. The summed E-state index contributed by atoms with van der Waals surface area (Å²) in [4.78, 5) is 17.7. The maximum absolute atomic E-state index is 13.0. The standard InChI is InChI=1S/C28H34N2O3/c31-28(23-5-7-27-22(18-23)12-17-32-27)30-15-10-25(11-16-30)33-26-6-4-20-8-13-29(24-2-1-3-24)14-9-21(20)19-26/h4-7,18-19,24-25H,1-3,8-17H2. The Labute approximate surface area is 196 Å². The molecule has 1 aliphatic carbocycles. The highest BCUT2D eigenvalue weighted by molar-refractivity contribution is 5.94. The van der Waals surface area contributed by atoms with Gasteiger partial charge in [-0.3, -0.25) is 9.69 Å². The first kappa shape index (κ1) is 21.0. The molecule has 2 fully saturated rings. The van der Waals surface area contributed by atoms with E-state index in [2.05, 4.69) is 23.1 Å². The number of piperidine rings is 1. The molecule has 2 aromatic rings. The van der Waals surface area contributed by atoms with Crippen molar-refractivity contribution in [2.45, 2.75) is 63.5 Å². The van der Waals surface area contributed by atoms with Gasteiger partial charge in [0.05, 0.1) is 6.61 Å². The summed E-state index contributed by atoms with van der Waals surface area (Å²) in [6, 6.07) is 13.4. The van der Waals surface area contributed by atoms with Gasteiger partial charge in [0.25, 0.3) is 5.91 Å². The molecule has 0 radical (unpaired) electrons. The maximum Gasteiger partial charge on any atom is 0.253 e. The summed E-state index contributed by atoms with van der Waals surface area (Å²) in [5.74, 6) is 2.05. The summed E-state index contributed by atoms with van der Waals surface area (Å²) < 4.78 is 12.0. The van der Waals surface area contributed by atoms with E-state index in [1.165, 1.54) is 43.5 Å². The number of benzene rings is 2. The molecule has 174 valence electrons. The van der Waals surface area contributed by atoms with E-state index in [0.717, 1.165) is 80.5 Å². The summed E-state index contributed by atoms with van der Waals surface area (Å²) in [6.45, 7) is 4.59. The molecule has 3 heterocycles. The number of hydrogen-bond acceptors (Lipinski definition) is 4. The molecule has 6 rings (SSSR count). The lowest BCUT2D eigenvalue weighted by atomic mass is 9.91. The van der Waals surface area contributed by atoms with E-state index in [1.807, 2.05) is 23.1 Å². The molecule has 0 atom stereocenters. The smallest absolute Gasteiger partial charge is 0.253 e. The minimum absolute atomic E-state index is 0.129. The Kier molecular flexibility index (Phi) is 5.75. The lowest BCUT2D eigenvalue weighted by molar-refractivity contribution is 0.0595. The molecule has 1 amide bonds. The summed E-state index contributed by atoms with van der Waals surface area (Å²) in [7, 11) is 0. The van der Waals surface area contributed by atoms with Gasteiger partial charge in [0, 0.05) is 57.0 Å². The summed E-state index contributed by atoms with van der Waals surface area (Å²) >= 11 is 0. The van der Waals surface area contributed by atoms with Crippen molar-refractivity contribution >= 4 is 5.91 Å². The Balaban J connectivity index is 1.04. The van der Waals surface area contributed by atoms with E-state index in [4.69, 9.17) is 9.47 Å². The highest BCUT2D eigenvalue weighted by Crippen LogP contribution is 2.30. The van der Waals surface area contributed by atoms with Crippen molar-refractivity contribution in [2.24, 2.45) is 0 Å². The predicted octanol–water partition coefficient (Wildman–Crippen LogP) is 4.26. The minimum atomic E-state index is 0.129. The molecule has 0 spiro atoms. The van der Waals surface area contributed by atoms with Gasteiger partial charge < -0.3 is 14.4 Å². The average molecular weight is 447 g/mol. The molecule has 0 aromatic heterocycles. The first-order valence-electron chi connectivity index (χ1n) is 12.8. The molecule has 0 N–H and O–H groups in total. The van der Waals surface area contributed by atoms with E-state index < -0.39 is 0 Å². The van der Waals surface area contributed by atoms with Crippen molar-refractivity contribution in [3.05, 3.63) is 58.7 Å². The normalized spacial score (nSPS) is 21.5. The predicted molar refractivity (Wildman–Crippen MR) is 128 cm³/mol. The van der Waals surface area contributed by atoms with Gasteiger partial charge in [0.2, 0.25) is 0 Å². The van der Waals surface area contributed by atoms with Crippen LogP contribution in [0.3, 0.4) is 0 Å². The SMILES string of the molecule is O=C(c1ccc2c(c1)CCO2)N1CCC(Oc2ccc3c(c2)CCN(C2CCC2)CC3)CC1. The van der Waals surface area contributed by atoms with Gasteiger partial charge in [-0.15, -0.1) is 0 Å². The third-order valence-electron chi connectivity index (χ3n) is 8.07. The number of carbonyl (C=O) groups is 1. The number of likely N-dealkylation sites (tertiary alicyclic amines) is 1. The second-order valence-electron chi connectivity index (χ2n) is 10.1. The molecule has 5 heteroatoms. The van der Waals surface area contributed by atoms with Crippen LogP contribution in [0.2, 0.25) is 0 Å². The van der Waals surface area contributed by atoms with Crippen LogP contribution in [0.1, 0.15) is 59.2 Å². The molecule has 1 saturated heterocycles. The van der Waals surface area contributed by atoms with Crippen LogP contribution < -0.4 is 9.47 Å². The van der Waals surface area contributed by atoms with Crippen molar-refractivity contribution < 1.29 is 14.3 Å². The molecule has 4 aliphatic rings. The zero-order valence-corrected chi connectivity index (χ0v) is 19.4. The second kappa shape index (κ2) is 9.02. The molecular weight excluding hydrogens is 412 g/mol. The van der Waals surface area contributed by atoms with E-state index in [0.29, 0.717) is 0 Å². The quantitative estimate of drug-likeness (QED) is 0.704. The van der Waals surface area contributed by atoms with Crippen molar-refractivity contribution in [1.29, 1.82) is 0 Å².